The molecule has 6 heteroatoms. The fraction of sp³-hybridized carbons (Fsp3) is 0.0833. The number of benzene rings is 3. The molecule has 0 aliphatic rings. The first-order valence-corrected chi connectivity index (χ1v) is 9.12. The van der Waals surface area contributed by atoms with Crippen molar-refractivity contribution in [3.05, 3.63) is 89.0 Å². The minimum Gasteiger partial charge on any atom is -0.507 e. The lowest BCUT2D eigenvalue weighted by Gasteiger charge is -2.15. The summed E-state index contributed by atoms with van der Waals surface area (Å²) in [4.78, 5) is 22.8. The Hall–Kier alpha value is -3.90. The highest BCUT2D eigenvalue weighted by molar-refractivity contribution is 6.00. The Morgan fingerprint density at radius 1 is 0.967 bits per heavy atom. The lowest BCUT2D eigenvalue weighted by atomic mass is 9.90. The van der Waals surface area contributed by atoms with Crippen molar-refractivity contribution in [1.29, 1.82) is 0 Å². The fourth-order valence-corrected chi connectivity index (χ4v) is 3.37. The molecule has 0 aromatic heterocycles. The number of aliphatic carboxylic acids is 1. The van der Waals surface area contributed by atoms with E-state index in [1.165, 1.54) is 12.1 Å². The highest BCUT2D eigenvalue weighted by atomic mass is 16.4. The molecule has 0 fully saturated rings. The summed E-state index contributed by atoms with van der Waals surface area (Å²) in [5.41, 5.74) is 1.80. The number of carboxylic acids is 2. The standard InChI is InChI=1S/C24H20O6/c1-14(18-8-4-2-6-15(18)11-17(13-25)23(27)28)10-20-19-9-5-3-7-16(19)12-21(22(20)26)24(29)30/h2-9,11-12,25-26H,1,10,13H2,(H,27,28)(H,29,30)/b17-11+. The Morgan fingerprint density at radius 2 is 1.63 bits per heavy atom. The van der Waals surface area contributed by atoms with Crippen LogP contribution in [0.3, 0.4) is 0 Å². The summed E-state index contributed by atoms with van der Waals surface area (Å²) in [6, 6.07) is 15.5. The van der Waals surface area contributed by atoms with Crippen molar-refractivity contribution in [1.82, 2.24) is 0 Å². The van der Waals surface area contributed by atoms with Crippen molar-refractivity contribution in [2.75, 3.05) is 6.61 Å². The summed E-state index contributed by atoms with van der Waals surface area (Å²) in [5.74, 6) is -2.78. The molecule has 0 aliphatic carbocycles. The Morgan fingerprint density at radius 3 is 2.30 bits per heavy atom. The third-order valence-electron chi connectivity index (χ3n) is 4.86. The summed E-state index contributed by atoms with van der Waals surface area (Å²) < 4.78 is 0. The van der Waals surface area contributed by atoms with Gasteiger partial charge in [0.05, 0.1) is 12.2 Å². The van der Waals surface area contributed by atoms with Crippen molar-refractivity contribution < 1.29 is 30.0 Å². The molecular formula is C24H20O6. The number of aromatic carboxylic acids is 1. The molecule has 0 bridgehead atoms. The molecule has 4 N–H and O–H groups in total. The largest absolute Gasteiger partial charge is 0.507 e. The van der Waals surface area contributed by atoms with Crippen LogP contribution >= 0.6 is 0 Å². The number of phenols is 1. The van der Waals surface area contributed by atoms with Crippen LogP contribution in [0, 0.1) is 0 Å². The van der Waals surface area contributed by atoms with Crippen molar-refractivity contribution >= 4 is 34.4 Å². The van der Waals surface area contributed by atoms with E-state index in [0.717, 1.165) is 0 Å². The molecule has 0 radical (unpaired) electrons. The molecule has 3 aromatic carbocycles. The first-order chi connectivity index (χ1) is 14.3. The van der Waals surface area contributed by atoms with Crippen molar-refractivity contribution in [3.8, 4) is 5.75 Å². The molecule has 3 rings (SSSR count). The van der Waals surface area contributed by atoms with Crippen LogP contribution in [0.25, 0.3) is 22.4 Å². The normalized spacial score (nSPS) is 11.4. The minimum atomic E-state index is -1.23. The number of aliphatic hydroxyl groups is 1. The van der Waals surface area contributed by atoms with Gasteiger partial charge in [0.15, 0.2) is 0 Å². The van der Waals surface area contributed by atoms with E-state index in [1.807, 2.05) is 0 Å². The van der Waals surface area contributed by atoms with Crippen LogP contribution in [0.5, 0.6) is 5.75 Å². The maximum Gasteiger partial charge on any atom is 0.339 e. The molecule has 0 saturated heterocycles. The van der Waals surface area contributed by atoms with Gasteiger partial charge in [-0.3, -0.25) is 0 Å². The average Bonchev–Trinajstić information content (AvgIpc) is 2.73. The topological polar surface area (TPSA) is 115 Å². The number of aliphatic hydroxyl groups excluding tert-OH is 1. The Kier molecular flexibility index (Phi) is 5.99. The van der Waals surface area contributed by atoms with Crippen molar-refractivity contribution in [3.63, 3.8) is 0 Å². The number of allylic oxidation sites excluding steroid dienone is 1. The summed E-state index contributed by atoms with van der Waals surface area (Å²) in [6.45, 7) is 3.46. The minimum absolute atomic E-state index is 0.153. The van der Waals surface area contributed by atoms with Crippen molar-refractivity contribution in [2.45, 2.75) is 6.42 Å². The zero-order valence-electron chi connectivity index (χ0n) is 16.0. The lowest BCUT2D eigenvalue weighted by Crippen LogP contribution is -2.05. The highest BCUT2D eigenvalue weighted by Gasteiger charge is 2.19. The quantitative estimate of drug-likeness (QED) is 0.443. The molecular weight excluding hydrogens is 384 g/mol. The van der Waals surface area contributed by atoms with Gasteiger partial charge in [0.2, 0.25) is 0 Å². The summed E-state index contributed by atoms with van der Waals surface area (Å²) in [7, 11) is 0. The van der Waals surface area contributed by atoms with Gasteiger partial charge in [0, 0.05) is 12.0 Å². The fourth-order valence-electron chi connectivity index (χ4n) is 3.37. The van der Waals surface area contributed by atoms with Gasteiger partial charge in [-0.1, -0.05) is 55.1 Å². The first kappa shape index (κ1) is 20.8. The Labute approximate surface area is 172 Å². The maximum atomic E-state index is 11.6. The molecule has 0 spiro atoms. The number of carboxylic acid groups (broad SMARTS) is 2. The highest BCUT2D eigenvalue weighted by Crippen LogP contribution is 2.35. The molecule has 0 atom stereocenters. The Balaban J connectivity index is 2.10. The predicted molar refractivity (Wildman–Crippen MR) is 114 cm³/mol. The molecule has 152 valence electrons. The van der Waals surface area contributed by atoms with E-state index < -0.39 is 18.5 Å². The number of fused-ring (bicyclic) bond motifs is 1. The van der Waals surface area contributed by atoms with Crippen molar-refractivity contribution in [2.24, 2.45) is 0 Å². The number of aromatic hydroxyl groups is 1. The Bertz CT molecular complexity index is 1190. The molecule has 0 aliphatic heterocycles. The number of rotatable bonds is 7. The second kappa shape index (κ2) is 8.63. The van der Waals surface area contributed by atoms with E-state index in [-0.39, 0.29) is 23.3 Å². The molecule has 0 amide bonds. The summed E-state index contributed by atoms with van der Waals surface area (Å²) in [6.07, 6.45) is 1.52. The molecule has 0 heterocycles. The summed E-state index contributed by atoms with van der Waals surface area (Å²) >= 11 is 0. The molecule has 0 saturated carbocycles. The summed E-state index contributed by atoms with van der Waals surface area (Å²) in [5, 5.41) is 40.0. The van der Waals surface area contributed by atoms with E-state index in [1.54, 1.807) is 48.5 Å². The van der Waals surface area contributed by atoms with E-state index >= 15 is 0 Å². The second-order valence-electron chi connectivity index (χ2n) is 6.78. The van der Waals surface area contributed by atoms with Crippen LogP contribution in [0.15, 0.2) is 66.7 Å². The van der Waals surface area contributed by atoms with Crippen LogP contribution in [-0.2, 0) is 11.2 Å². The van der Waals surface area contributed by atoms with Crippen LogP contribution in [0.2, 0.25) is 0 Å². The SMILES string of the molecule is C=C(Cc1c(O)c(C(=O)O)cc2ccccc12)c1ccccc1/C=C(\CO)C(=O)O. The van der Waals surface area contributed by atoms with Gasteiger partial charge >= 0.3 is 11.9 Å². The van der Waals surface area contributed by atoms with Crippen LogP contribution in [0.4, 0.5) is 0 Å². The molecule has 0 unspecified atom stereocenters. The number of hydrogen-bond donors (Lipinski definition) is 4. The van der Waals surface area contributed by atoms with E-state index in [9.17, 15) is 30.0 Å². The molecule has 3 aromatic rings. The van der Waals surface area contributed by atoms with E-state index in [4.69, 9.17) is 0 Å². The third-order valence-corrected chi connectivity index (χ3v) is 4.86. The zero-order valence-corrected chi connectivity index (χ0v) is 16.0. The number of hydrogen-bond acceptors (Lipinski definition) is 4. The monoisotopic (exact) mass is 404 g/mol. The smallest absolute Gasteiger partial charge is 0.339 e. The third kappa shape index (κ3) is 4.09. The van der Waals surface area contributed by atoms with Gasteiger partial charge in [-0.15, -0.1) is 0 Å². The van der Waals surface area contributed by atoms with Crippen LogP contribution in [0.1, 0.15) is 27.0 Å². The van der Waals surface area contributed by atoms with Gasteiger partial charge < -0.3 is 20.4 Å². The second-order valence-corrected chi connectivity index (χ2v) is 6.78. The van der Waals surface area contributed by atoms with E-state index in [0.29, 0.717) is 33.0 Å². The van der Waals surface area contributed by atoms with Gasteiger partial charge in [0.25, 0.3) is 0 Å². The zero-order chi connectivity index (χ0) is 21.8. The average molecular weight is 404 g/mol. The van der Waals surface area contributed by atoms with E-state index in [2.05, 4.69) is 6.58 Å². The molecule has 6 nitrogen and oxygen atoms in total. The van der Waals surface area contributed by atoms with Crippen LogP contribution in [-0.4, -0.2) is 39.0 Å². The van der Waals surface area contributed by atoms with Gasteiger partial charge in [0.1, 0.15) is 11.3 Å². The van der Waals surface area contributed by atoms with Gasteiger partial charge in [-0.2, -0.15) is 0 Å². The maximum absolute atomic E-state index is 11.6. The van der Waals surface area contributed by atoms with Gasteiger partial charge in [-0.25, -0.2) is 9.59 Å². The van der Waals surface area contributed by atoms with Gasteiger partial charge in [-0.05, 0) is 39.6 Å². The first-order valence-electron chi connectivity index (χ1n) is 9.12. The van der Waals surface area contributed by atoms with Crippen LogP contribution < -0.4 is 0 Å². The number of carbonyl (C=O) groups is 2. The molecule has 30 heavy (non-hydrogen) atoms. The lowest BCUT2D eigenvalue weighted by molar-refractivity contribution is -0.133. The predicted octanol–water partition coefficient (Wildman–Crippen LogP) is 3.96.